The lowest BCUT2D eigenvalue weighted by Gasteiger charge is -2.33. The average molecular weight is 431 g/mol. The number of para-hydroxylation sites is 1. The minimum absolute atomic E-state index is 0.129. The number of carbonyl (C=O) groups excluding carboxylic acids is 3. The zero-order valence-electron chi connectivity index (χ0n) is 15.4. The maximum Gasteiger partial charge on any atom is 0.325 e. The van der Waals surface area contributed by atoms with Crippen molar-refractivity contribution < 1.29 is 24.0 Å². The number of nitro groups is 1. The van der Waals surface area contributed by atoms with Crippen LogP contribution in [0.15, 0.2) is 42.5 Å². The Morgan fingerprint density at radius 1 is 1.30 bits per heavy atom. The van der Waals surface area contributed by atoms with Gasteiger partial charge >= 0.3 is 6.03 Å². The first-order chi connectivity index (χ1) is 14.3. The highest BCUT2D eigenvalue weighted by molar-refractivity contribution is 6.31. The Balaban J connectivity index is 1.56. The van der Waals surface area contributed by atoms with Gasteiger partial charge in [0, 0.05) is 23.1 Å². The van der Waals surface area contributed by atoms with Crippen LogP contribution in [-0.4, -0.2) is 40.8 Å². The van der Waals surface area contributed by atoms with E-state index in [1.54, 1.807) is 24.3 Å². The highest BCUT2D eigenvalue weighted by atomic mass is 35.5. The third-order valence-corrected chi connectivity index (χ3v) is 5.22. The molecule has 0 radical (unpaired) electrons. The molecule has 10 nitrogen and oxygen atoms in total. The number of fused-ring (bicyclic) bond motifs is 2. The number of imide groups is 1. The fourth-order valence-corrected chi connectivity index (χ4v) is 3.79. The third-order valence-electron chi connectivity index (χ3n) is 4.99. The molecule has 2 aromatic carbocycles. The number of hydrogen-bond acceptors (Lipinski definition) is 6. The fourth-order valence-electron chi connectivity index (χ4n) is 3.62. The van der Waals surface area contributed by atoms with Crippen LogP contribution in [0.1, 0.15) is 12.0 Å². The van der Waals surface area contributed by atoms with Gasteiger partial charge in [-0.25, -0.2) is 4.79 Å². The number of nitrogens with one attached hydrogen (secondary N) is 2. The normalized spacial score (nSPS) is 19.8. The molecule has 4 rings (SSSR count). The molecule has 4 amide bonds. The molecule has 30 heavy (non-hydrogen) atoms. The van der Waals surface area contributed by atoms with Gasteiger partial charge in [0.1, 0.15) is 18.0 Å². The van der Waals surface area contributed by atoms with Gasteiger partial charge in [0.05, 0.1) is 11.5 Å². The Labute approximate surface area is 174 Å². The molecule has 0 unspecified atom stereocenters. The number of nitrogens with zero attached hydrogens (tertiary/aromatic N) is 2. The Bertz CT molecular complexity index is 1090. The summed E-state index contributed by atoms with van der Waals surface area (Å²) >= 11 is 5.85. The van der Waals surface area contributed by atoms with Gasteiger partial charge in [-0.15, -0.1) is 0 Å². The van der Waals surface area contributed by atoms with Crippen molar-refractivity contribution in [1.82, 2.24) is 10.2 Å². The Hall–Kier alpha value is -3.66. The van der Waals surface area contributed by atoms with Crippen LogP contribution in [0.2, 0.25) is 5.02 Å². The molecule has 0 bridgehead atoms. The number of ether oxygens (including phenoxy) is 1. The van der Waals surface area contributed by atoms with Crippen molar-refractivity contribution in [1.29, 1.82) is 0 Å². The van der Waals surface area contributed by atoms with Gasteiger partial charge in [0.15, 0.2) is 5.54 Å². The summed E-state index contributed by atoms with van der Waals surface area (Å²) in [5, 5.41) is 16.4. The topological polar surface area (TPSA) is 131 Å². The van der Waals surface area contributed by atoms with Crippen LogP contribution in [0.5, 0.6) is 5.75 Å². The molecule has 2 heterocycles. The maximum absolute atomic E-state index is 13.2. The van der Waals surface area contributed by atoms with Gasteiger partial charge in [-0.05, 0) is 18.2 Å². The molecule has 2 aliphatic rings. The van der Waals surface area contributed by atoms with Crippen LogP contribution in [0, 0.1) is 10.1 Å². The van der Waals surface area contributed by atoms with E-state index in [9.17, 15) is 24.5 Å². The van der Waals surface area contributed by atoms with E-state index in [4.69, 9.17) is 16.3 Å². The summed E-state index contributed by atoms with van der Waals surface area (Å²) in [7, 11) is 0. The molecular weight excluding hydrogens is 416 g/mol. The molecule has 1 fully saturated rings. The molecule has 1 atom stereocenters. The SMILES string of the molecule is O=C(CN1C(=O)N[C@]2(CCOc3ccccc32)C1=O)Nc1cc(Cl)ccc1[N+](=O)[O-]. The minimum Gasteiger partial charge on any atom is -0.493 e. The van der Waals surface area contributed by atoms with Crippen molar-refractivity contribution in [2.75, 3.05) is 18.5 Å². The van der Waals surface area contributed by atoms with E-state index < -0.39 is 34.9 Å². The molecule has 0 aromatic heterocycles. The number of hydrogen-bond donors (Lipinski definition) is 2. The lowest BCUT2D eigenvalue weighted by molar-refractivity contribution is -0.383. The minimum atomic E-state index is -1.31. The van der Waals surface area contributed by atoms with Crippen molar-refractivity contribution in [2.24, 2.45) is 0 Å². The summed E-state index contributed by atoms with van der Waals surface area (Å²) in [4.78, 5) is 49.4. The monoisotopic (exact) mass is 430 g/mol. The molecule has 2 aromatic rings. The van der Waals surface area contributed by atoms with Gasteiger partial charge in [-0.2, -0.15) is 0 Å². The standard InChI is InChI=1S/C19H15ClN4O6/c20-11-5-6-14(24(28)29)13(9-11)21-16(25)10-23-17(26)19(22-18(23)27)7-8-30-15-4-2-1-3-12(15)19/h1-6,9H,7-8,10H2,(H,21,25)(H,22,27)/t19-/m0/s1. The first kappa shape index (κ1) is 19.6. The van der Waals surface area contributed by atoms with E-state index in [0.717, 1.165) is 11.0 Å². The molecule has 154 valence electrons. The van der Waals surface area contributed by atoms with Crippen molar-refractivity contribution in [3.8, 4) is 5.75 Å². The molecule has 2 N–H and O–H groups in total. The van der Waals surface area contributed by atoms with Crippen LogP contribution in [-0.2, 0) is 15.1 Å². The highest BCUT2D eigenvalue weighted by Crippen LogP contribution is 2.41. The van der Waals surface area contributed by atoms with Crippen LogP contribution >= 0.6 is 11.6 Å². The van der Waals surface area contributed by atoms with Crippen molar-refractivity contribution in [3.05, 3.63) is 63.2 Å². The smallest absolute Gasteiger partial charge is 0.325 e. The zero-order chi connectivity index (χ0) is 21.5. The van der Waals surface area contributed by atoms with Gasteiger partial charge in [0.25, 0.3) is 11.6 Å². The second kappa shape index (κ2) is 7.30. The first-order valence-corrected chi connectivity index (χ1v) is 9.30. The molecule has 0 aliphatic carbocycles. The lowest BCUT2D eigenvalue weighted by atomic mass is 9.84. The predicted octanol–water partition coefficient (Wildman–Crippen LogP) is 2.42. The van der Waals surface area contributed by atoms with E-state index >= 15 is 0 Å². The summed E-state index contributed by atoms with van der Waals surface area (Å²) in [6.07, 6.45) is 0.215. The Morgan fingerprint density at radius 2 is 2.07 bits per heavy atom. The molecule has 1 saturated heterocycles. The van der Waals surface area contributed by atoms with Crippen LogP contribution < -0.4 is 15.4 Å². The predicted molar refractivity (Wildman–Crippen MR) is 105 cm³/mol. The number of urea groups is 1. The van der Waals surface area contributed by atoms with Gasteiger partial charge < -0.3 is 15.4 Å². The van der Waals surface area contributed by atoms with E-state index in [1.807, 2.05) is 0 Å². The summed E-state index contributed by atoms with van der Waals surface area (Å²) in [5.41, 5.74) is -1.28. The maximum atomic E-state index is 13.2. The number of nitro benzene ring substituents is 1. The van der Waals surface area contributed by atoms with Crippen molar-refractivity contribution >= 4 is 40.8 Å². The fraction of sp³-hybridized carbons (Fsp3) is 0.211. The number of benzene rings is 2. The zero-order valence-corrected chi connectivity index (χ0v) is 16.1. The first-order valence-electron chi connectivity index (χ1n) is 8.92. The largest absolute Gasteiger partial charge is 0.493 e. The van der Waals surface area contributed by atoms with E-state index in [0.29, 0.717) is 11.3 Å². The molecule has 2 aliphatic heterocycles. The van der Waals surface area contributed by atoms with Crippen molar-refractivity contribution in [3.63, 3.8) is 0 Å². The molecule has 11 heteroatoms. The summed E-state index contributed by atoms with van der Waals surface area (Å²) in [6, 6.07) is 9.82. The third kappa shape index (κ3) is 3.20. The Morgan fingerprint density at radius 3 is 2.83 bits per heavy atom. The van der Waals surface area contributed by atoms with Crippen molar-refractivity contribution in [2.45, 2.75) is 12.0 Å². The van der Waals surface area contributed by atoms with E-state index in [2.05, 4.69) is 10.6 Å². The summed E-state index contributed by atoms with van der Waals surface area (Å²) in [5.74, 6) is -0.876. The average Bonchev–Trinajstić information content (AvgIpc) is 2.93. The summed E-state index contributed by atoms with van der Waals surface area (Å²) in [6.45, 7) is -0.392. The van der Waals surface area contributed by atoms with Crippen LogP contribution in [0.25, 0.3) is 0 Å². The number of carbonyl (C=O) groups is 3. The molecular formula is C19H15ClN4O6. The summed E-state index contributed by atoms with van der Waals surface area (Å²) < 4.78 is 5.56. The number of rotatable bonds is 4. The Kier molecular flexibility index (Phi) is 4.78. The van der Waals surface area contributed by atoms with E-state index in [-0.39, 0.29) is 29.4 Å². The van der Waals surface area contributed by atoms with E-state index in [1.165, 1.54) is 12.1 Å². The number of amides is 4. The number of halogens is 1. The lowest BCUT2D eigenvalue weighted by Crippen LogP contribution is -2.48. The van der Waals surface area contributed by atoms with Gasteiger partial charge in [-0.1, -0.05) is 29.8 Å². The van der Waals surface area contributed by atoms with Gasteiger partial charge in [0.2, 0.25) is 5.91 Å². The molecule has 1 spiro atoms. The number of anilines is 1. The van der Waals surface area contributed by atoms with Crippen LogP contribution in [0.3, 0.4) is 0 Å². The molecule has 0 saturated carbocycles. The highest BCUT2D eigenvalue weighted by Gasteiger charge is 2.55. The van der Waals surface area contributed by atoms with Gasteiger partial charge in [-0.3, -0.25) is 24.6 Å². The quantitative estimate of drug-likeness (QED) is 0.435. The van der Waals surface area contributed by atoms with Crippen LogP contribution in [0.4, 0.5) is 16.2 Å². The second-order valence-electron chi connectivity index (χ2n) is 6.79. The second-order valence-corrected chi connectivity index (χ2v) is 7.22.